The third kappa shape index (κ3) is 1.40. The number of pyridine rings is 1. The second kappa shape index (κ2) is 3.45. The Morgan fingerprint density at radius 2 is 1.60 bits per heavy atom. The highest BCUT2D eigenvalue weighted by atomic mass is 127. The van der Waals surface area contributed by atoms with Gasteiger partial charge in [-0.05, 0) is 40.1 Å². The van der Waals surface area contributed by atoms with Crippen LogP contribution >= 0.6 is 22.6 Å². The Labute approximate surface area is 101 Å². The van der Waals surface area contributed by atoms with Crippen LogP contribution in [-0.2, 0) is 0 Å². The van der Waals surface area contributed by atoms with Crippen molar-refractivity contribution in [2.45, 2.75) is 0 Å². The van der Waals surface area contributed by atoms with Crippen molar-refractivity contribution in [2.24, 2.45) is 0 Å². The highest BCUT2D eigenvalue weighted by Gasteiger charge is 2.02. The van der Waals surface area contributed by atoms with Crippen LogP contribution in [0.3, 0.4) is 0 Å². The molecule has 0 aliphatic rings. The first-order valence-corrected chi connectivity index (χ1v) is 5.86. The van der Waals surface area contributed by atoms with Crippen molar-refractivity contribution < 1.29 is 0 Å². The van der Waals surface area contributed by atoms with Gasteiger partial charge in [-0.25, -0.2) is 0 Å². The van der Waals surface area contributed by atoms with Crippen LogP contribution in [0.25, 0.3) is 21.7 Å². The first-order chi connectivity index (χ1) is 7.36. The maximum atomic E-state index is 4.47. The molecular weight excluding hydrogens is 297 g/mol. The zero-order valence-corrected chi connectivity index (χ0v) is 10.1. The predicted octanol–water partition coefficient (Wildman–Crippen LogP) is 3.99. The van der Waals surface area contributed by atoms with E-state index in [1.54, 1.807) is 0 Å². The average molecular weight is 305 g/mol. The summed E-state index contributed by atoms with van der Waals surface area (Å²) in [6, 6.07) is 14.6. The van der Waals surface area contributed by atoms with Gasteiger partial charge >= 0.3 is 0 Å². The molecule has 0 saturated carbocycles. The SMILES string of the molecule is Ic1cccc2c1cnc1ccccc12. The summed E-state index contributed by atoms with van der Waals surface area (Å²) in [4.78, 5) is 4.47. The zero-order chi connectivity index (χ0) is 10.3. The molecule has 0 saturated heterocycles. The van der Waals surface area contributed by atoms with Crippen LogP contribution in [0.4, 0.5) is 0 Å². The van der Waals surface area contributed by atoms with Gasteiger partial charge in [-0.2, -0.15) is 0 Å². The van der Waals surface area contributed by atoms with Crippen LogP contribution in [0.5, 0.6) is 0 Å². The number of nitrogens with zero attached hydrogens (tertiary/aromatic N) is 1. The lowest BCUT2D eigenvalue weighted by Gasteiger charge is -2.03. The fraction of sp³-hybridized carbons (Fsp3) is 0. The van der Waals surface area contributed by atoms with Crippen molar-refractivity contribution in [2.75, 3.05) is 0 Å². The minimum Gasteiger partial charge on any atom is -0.256 e. The van der Waals surface area contributed by atoms with Gasteiger partial charge in [0.15, 0.2) is 0 Å². The van der Waals surface area contributed by atoms with Crippen LogP contribution < -0.4 is 0 Å². The number of hydrogen-bond acceptors (Lipinski definition) is 1. The van der Waals surface area contributed by atoms with E-state index < -0.39 is 0 Å². The molecule has 3 aromatic rings. The number of benzene rings is 2. The Morgan fingerprint density at radius 1 is 0.800 bits per heavy atom. The smallest absolute Gasteiger partial charge is 0.0708 e. The van der Waals surface area contributed by atoms with Crippen molar-refractivity contribution in [3.63, 3.8) is 0 Å². The van der Waals surface area contributed by atoms with E-state index in [9.17, 15) is 0 Å². The number of hydrogen-bond donors (Lipinski definition) is 0. The highest BCUT2D eigenvalue weighted by Crippen LogP contribution is 2.26. The monoisotopic (exact) mass is 305 g/mol. The van der Waals surface area contributed by atoms with E-state index in [0.717, 1.165) is 5.52 Å². The molecule has 0 atom stereocenters. The molecule has 72 valence electrons. The fourth-order valence-electron chi connectivity index (χ4n) is 1.85. The molecule has 2 heteroatoms. The van der Waals surface area contributed by atoms with Crippen LogP contribution in [-0.4, -0.2) is 4.98 Å². The summed E-state index contributed by atoms with van der Waals surface area (Å²) in [6.45, 7) is 0. The van der Waals surface area contributed by atoms with Gasteiger partial charge < -0.3 is 0 Å². The average Bonchev–Trinajstić information content (AvgIpc) is 2.29. The molecule has 0 aliphatic carbocycles. The standard InChI is InChI=1S/C13H8IN/c14-12-6-3-5-9-10-4-1-2-7-13(10)15-8-11(9)12/h1-8H. The minimum atomic E-state index is 1.06. The van der Waals surface area contributed by atoms with Crippen LogP contribution in [0, 0.1) is 3.57 Å². The Bertz CT molecular complexity index is 646. The van der Waals surface area contributed by atoms with Gasteiger partial charge in [-0.1, -0.05) is 30.3 Å². The third-order valence-corrected chi connectivity index (χ3v) is 3.52. The normalized spacial score (nSPS) is 11.0. The van der Waals surface area contributed by atoms with E-state index in [1.807, 2.05) is 12.3 Å². The Hall–Kier alpha value is -1.16. The van der Waals surface area contributed by atoms with Crippen LogP contribution in [0.1, 0.15) is 0 Å². The Morgan fingerprint density at radius 3 is 2.53 bits per heavy atom. The summed E-state index contributed by atoms with van der Waals surface area (Å²) in [5.74, 6) is 0. The lowest BCUT2D eigenvalue weighted by Crippen LogP contribution is -1.83. The number of para-hydroxylation sites is 1. The highest BCUT2D eigenvalue weighted by molar-refractivity contribution is 14.1. The summed E-state index contributed by atoms with van der Waals surface area (Å²) >= 11 is 2.35. The van der Waals surface area contributed by atoms with Gasteiger partial charge in [-0.15, -0.1) is 0 Å². The van der Waals surface area contributed by atoms with Gasteiger partial charge in [0.05, 0.1) is 5.52 Å². The van der Waals surface area contributed by atoms with Gasteiger partial charge in [-0.3, -0.25) is 4.98 Å². The van der Waals surface area contributed by atoms with Gasteiger partial charge in [0, 0.05) is 20.5 Å². The molecule has 0 fully saturated rings. The quantitative estimate of drug-likeness (QED) is 0.452. The molecule has 0 aliphatic heterocycles. The van der Waals surface area contributed by atoms with Crippen LogP contribution in [0.2, 0.25) is 0 Å². The second-order valence-electron chi connectivity index (χ2n) is 3.48. The molecule has 1 nitrogen and oxygen atoms in total. The first-order valence-electron chi connectivity index (χ1n) is 4.78. The molecule has 1 aromatic heterocycles. The minimum absolute atomic E-state index is 1.06. The number of rotatable bonds is 0. The van der Waals surface area contributed by atoms with E-state index in [0.29, 0.717) is 0 Å². The predicted molar refractivity (Wildman–Crippen MR) is 72.0 cm³/mol. The molecule has 15 heavy (non-hydrogen) atoms. The summed E-state index contributed by atoms with van der Waals surface area (Å²) in [5.41, 5.74) is 1.06. The van der Waals surface area contributed by atoms with Crippen molar-refractivity contribution in [3.8, 4) is 0 Å². The Balaban J connectivity index is 2.60. The lowest BCUT2D eigenvalue weighted by molar-refractivity contribution is 1.44. The summed E-state index contributed by atoms with van der Waals surface area (Å²) in [6.07, 6.45) is 1.96. The zero-order valence-electron chi connectivity index (χ0n) is 7.94. The van der Waals surface area contributed by atoms with Gasteiger partial charge in [0.1, 0.15) is 0 Å². The molecule has 0 bridgehead atoms. The summed E-state index contributed by atoms with van der Waals surface area (Å²) in [7, 11) is 0. The molecular formula is C13H8IN. The van der Waals surface area contributed by atoms with E-state index in [2.05, 4.69) is 64.0 Å². The topological polar surface area (TPSA) is 12.9 Å². The van der Waals surface area contributed by atoms with E-state index in [1.165, 1.54) is 19.7 Å². The molecule has 0 amide bonds. The van der Waals surface area contributed by atoms with Crippen molar-refractivity contribution in [1.29, 1.82) is 0 Å². The molecule has 0 spiro atoms. The van der Waals surface area contributed by atoms with Crippen molar-refractivity contribution in [1.82, 2.24) is 4.98 Å². The Kier molecular flexibility index (Phi) is 2.09. The summed E-state index contributed by atoms with van der Waals surface area (Å²) in [5, 5.41) is 3.75. The van der Waals surface area contributed by atoms with Crippen LogP contribution in [0.15, 0.2) is 48.7 Å². The second-order valence-corrected chi connectivity index (χ2v) is 4.64. The fourth-order valence-corrected chi connectivity index (χ4v) is 2.49. The number of fused-ring (bicyclic) bond motifs is 3. The molecule has 0 unspecified atom stereocenters. The summed E-state index contributed by atoms with van der Waals surface area (Å²) < 4.78 is 1.25. The van der Waals surface area contributed by atoms with Crippen molar-refractivity contribution in [3.05, 3.63) is 52.2 Å². The number of halogens is 1. The van der Waals surface area contributed by atoms with Gasteiger partial charge in [0.25, 0.3) is 0 Å². The van der Waals surface area contributed by atoms with Crippen molar-refractivity contribution >= 4 is 44.3 Å². The molecule has 3 rings (SSSR count). The third-order valence-electron chi connectivity index (χ3n) is 2.58. The molecule has 1 heterocycles. The molecule has 2 aromatic carbocycles. The van der Waals surface area contributed by atoms with Gasteiger partial charge in [0.2, 0.25) is 0 Å². The number of aromatic nitrogens is 1. The molecule has 0 radical (unpaired) electrons. The molecule has 0 N–H and O–H groups in total. The first kappa shape index (κ1) is 9.09. The maximum absolute atomic E-state index is 4.47. The lowest BCUT2D eigenvalue weighted by atomic mass is 10.1. The maximum Gasteiger partial charge on any atom is 0.0708 e. The van der Waals surface area contributed by atoms with E-state index in [4.69, 9.17) is 0 Å². The van der Waals surface area contributed by atoms with E-state index in [-0.39, 0.29) is 0 Å². The van der Waals surface area contributed by atoms with E-state index >= 15 is 0 Å². The largest absolute Gasteiger partial charge is 0.256 e.